The number of anilines is 3. The lowest BCUT2D eigenvalue weighted by molar-refractivity contribution is 0.0748. The van der Waals surface area contributed by atoms with Gasteiger partial charge in [0.1, 0.15) is 24.2 Å². The van der Waals surface area contributed by atoms with Crippen molar-refractivity contribution in [3.63, 3.8) is 0 Å². The number of fused-ring (bicyclic) bond motifs is 2. The zero-order chi connectivity index (χ0) is 23.8. The molecule has 1 fully saturated rings. The number of pyridine rings is 2. The van der Waals surface area contributed by atoms with Crippen molar-refractivity contribution in [2.45, 2.75) is 19.1 Å². The molecular weight excluding hydrogens is 443 g/mol. The quantitative estimate of drug-likeness (QED) is 0.430. The molecule has 0 saturated carbocycles. The van der Waals surface area contributed by atoms with Crippen molar-refractivity contribution >= 4 is 34.0 Å². The minimum Gasteiger partial charge on any atom is -0.474 e. The van der Waals surface area contributed by atoms with E-state index < -0.39 is 11.8 Å². The lowest BCUT2D eigenvalue weighted by Gasteiger charge is -2.22. The Balaban J connectivity index is 1.46. The van der Waals surface area contributed by atoms with Gasteiger partial charge in [0.15, 0.2) is 5.82 Å². The number of amides is 2. The molecule has 2 aromatic heterocycles. The molecule has 5 N–H and O–H groups in total. The maximum absolute atomic E-state index is 15.3. The summed E-state index contributed by atoms with van der Waals surface area (Å²) in [6, 6.07) is 2.62. The number of aromatic nitrogens is 2. The van der Waals surface area contributed by atoms with Crippen LogP contribution in [0.4, 0.5) is 26.4 Å². The highest BCUT2D eigenvalue weighted by atomic mass is 19.1. The van der Waals surface area contributed by atoms with Crippen LogP contribution in [0.15, 0.2) is 24.5 Å². The number of rotatable bonds is 4. The second-order valence-corrected chi connectivity index (χ2v) is 8.21. The second kappa shape index (κ2) is 8.92. The number of nitrogens with one attached hydrogen (secondary N) is 3. The number of hydrogen-bond donors (Lipinski definition) is 4. The smallest absolute Gasteiger partial charge is 0.320 e. The van der Waals surface area contributed by atoms with Crippen molar-refractivity contribution in [3.8, 4) is 17.0 Å². The Morgan fingerprint density at radius 3 is 2.94 bits per heavy atom. The van der Waals surface area contributed by atoms with Gasteiger partial charge in [0.2, 0.25) is 5.88 Å². The van der Waals surface area contributed by atoms with E-state index in [1.54, 1.807) is 25.4 Å². The van der Waals surface area contributed by atoms with Gasteiger partial charge in [-0.15, -0.1) is 0 Å². The number of nitrogen functional groups attached to an aromatic ring is 1. The van der Waals surface area contributed by atoms with Gasteiger partial charge >= 0.3 is 6.03 Å². The molecule has 178 valence electrons. The molecule has 2 amide bonds. The highest BCUT2D eigenvalue weighted by Crippen LogP contribution is 2.39. The first kappa shape index (κ1) is 22.1. The van der Waals surface area contributed by atoms with Gasteiger partial charge in [-0.05, 0) is 30.0 Å². The van der Waals surface area contributed by atoms with Crippen LogP contribution in [0.3, 0.4) is 0 Å². The summed E-state index contributed by atoms with van der Waals surface area (Å²) in [5, 5.41) is 9.85. The second-order valence-electron chi connectivity index (χ2n) is 8.21. The third-order valence-corrected chi connectivity index (χ3v) is 6.12. The molecule has 0 radical (unpaired) electrons. The Morgan fingerprint density at radius 2 is 2.12 bits per heavy atom. The Hall–Kier alpha value is -3.70. The summed E-state index contributed by atoms with van der Waals surface area (Å²) in [5.41, 5.74) is 8.55. The van der Waals surface area contributed by atoms with Crippen molar-refractivity contribution in [1.82, 2.24) is 15.3 Å². The summed E-state index contributed by atoms with van der Waals surface area (Å²) < 4.78 is 31.5. The van der Waals surface area contributed by atoms with E-state index in [-0.39, 0.29) is 17.8 Å². The minimum atomic E-state index is -0.554. The van der Waals surface area contributed by atoms with E-state index >= 15 is 4.39 Å². The lowest BCUT2D eigenvalue weighted by atomic mass is 9.97. The van der Waals surface area contributed by atoms with Gasteiger partial charge in [-0.1, -0.05) is 0 Å². The molecule has 34 heavy (non-hydrogen) atoms. The molecule has 0 aliphatic carbocycles. The zero-order valence-corrected chi connectivity index (χ0v) is 18.8. The van der Waals surface area contributed by atoms with Gasteiger partial charge in [0.05, 0.1) is 24.9 Å². The Labute approximate surface area is 195 Å². The van der Waals surface area contributed by atoms with E-state index in [0.29, 0.717) is 60.0 Å². The third kappa shape index (κ3) is 3.93. The van der Waals surface area contributed by atoms with E-state index in [4.69, 9.17) is 19.9 Å². The molecule has 2 aliphatic rings. The Bertz CT molecular complexity index is 1270. The van der Waals surface area contributed by atoms with Gasteiger partial charge in [-0.25, -0.2) is 19.2 Å². The van der Waals surface area contributed by atoms with Gasteiger partial charge in [-0.2, -0.15) is 0 Å². The molecule has 0 bridgehead atoms. The number of methoxy groups -OCH3 is 1. The van der Waals surface area contributed by atoms with Crippen LogP contribution >= 0.6 is 0 Å². The van der Waals surface area contributed by atoms with Crippen LogP contribution in [0.1, 0.15) is 5.56 Å². The summed E-state index contributed by atoms with van der Waals surface area (Å²) >= 11 is 0. The monoisotopic (exact) mass is 468 g/mol. The normalized spacial score (nSPS) is 19.3. The van der Waals surface area contributed by atoms with Crippen LogP contribution in [0.2, 0.25) is 0 Å². The van der Waals surface area contributed by atoms with Gasteiger partial charge in [0, 0.05) is 42.6 Å². The number of benzene rings is 1. The SMILES string of the molecule is CO[C@@H]1COC[C@@H]1NC(=O)Nc1cc2cc(-c3cnc4c(c3C)NCCO4)c(F)c(N)c2cn1. The van der Waals surface area contributed by atoms with E-state index in [0.717, 1.165) is 11.3 Å². The highest BCUT2D eigenvalue weighted by Gasteiger charge is 2.29. The third-order valence-electron chi connectivity index (χ3n) is 6.12. The summed E-state index contributed by atoms with van der Waals surface area (Å²) in [4.78, 5) is 21.0. The fraction of sp³-hybridized carbons (Fsp3) is 0.348. The molecule has 1 aromatic carbocycles. The van der Waals surface area contributed by atoms with Crippen LogP contribution < -0.4 is 26.4 Å². The van der Waals surface area contributed by atoms with Gasteiger partial charge < -0.3 is 30.6 Å². The van der Waals surface area contributed by atoms with Crippen LogP contribution in [0.25, 0.3) is 21.9 Å². The van der Waals surface area contributed by atoms with E-state index in [9.17, 15) is 4.79 Å². The number of ether oxygens (including phenoxy) is 3. The molecule has 0 spiro atoms. The maximum atomic E-state index is 15.3. The fourth-order valence-electron chi connectivity index (χ4n) is 4.28. The molecule has 1 saturated heterocycles. The van der Waals surface area contributed by atoms with E-state index in [2.05, 4.69) is 25.9 Å². The first-order chi connectivity index (χ1) is 16.5. The van der Waals surface area contributed by atoms with Crippen molar-refractivity contribution in [3.05, 3.63) is 35.9 Å². The van der Waals surface area contributed by atoms with Crippen LogP contribution in [0, 0.1) is 12.7 Å². The number of halogens is 1. The summed E-state index contributed by atoms with van der Waals surface area (Å²) in [5.74, 6) is 0.234. The highest BCUT2D eigenvalue weighted by molar-refractivity contribution is 6.00. The topological polar surface area (TPSA) is 133 Å². The van der Waals surface area contributed by atoms with Gasteiger partial charge in [-0.3, -0.25) is 5.32 Å². The van der Waals surface area contributed by atoms with Crippen LogP contribution in [0.5, 0.6) is 5.88 Å². The number of urea groups is 1. The molecule has 2 aliphatic heterocycles. The largest absolute Gasteiger partial charge is 0.474 e. The standard InChI is InChI=1S/C23H25FN6O4/c1-11-14(7-28-22-21(11)26-3-4-34-22)13-5-12-6-18(27-8-15(12)20(25)19(13)24)30-23(31)29-16-9-33-10-17(16)32-2/h5-8,16-17,26H,3-4,9-10,25H2,1-2H3,(H2,27,29,30,31)/t16-,17+/m0/s1. The summed E-state index contributed by atoms with van der Waals surface area (Å²) in [6.07, 6.45) is 2.81. The zero-order valence-electron chi connectivity index (χ0n) is 18.8. The Kier molecular flexibility index (Phi) is 5.80. The van der Waals surface area contributed by atoms with E-state index in [1.807, 2.05) is 6.92 Å². The summed E-state index contributed by atoms with van der Waals surface area (Å²) in [6.45, 7) is 3.82. The van der Waals surface area contributed by atoms with Crippen molar-refractivity contribution in [2.75, 3.05) is 49.8 Å². The maximum Gasteiger partial charge on any atom is 0.320 e. The minimum absolute atomic E-state index is 0.0247. The van der Waals surface area contributed by atoms with Crippen LogP contribution in [-0.4, -0.2) is 61.6 Å². The molecule has 4 heterocycles. The molecule has 10 nitrogen and oxygen atoms in total. The molecule has 5 rings (SSSR count). The first-order valence-corrected chi connectivity index (χ1v) is 10.9. The predicted octanol–water partition coefficient (Wildman–Crippen LogP) is 2.67. The van der Waals surface area contributed by atoms with Crippen molar-refractivity contribution < 1.29 is 23.4 Å². The van der Waals surface area contributed by atoms with Crippen LogP contribution in [-0.2, 0) is 9.47 Å². The van der Waals surface area contributed by atoms with E-state index in [1.165, 1.54) is 6.20 Å². The molecule has 0 unspecified atom stereocenters. The number of nitrogens with two attached hydrogens (primary N) is 1. The molecular formula is C23H25FN6O4. The molecule has 2 atom stereocenters. The van der Waals surface area contributed by atoms with Crippen molar-refractivity contribution in [1.29, 1.82) is 0 Å². The number of nitrogens with zero attached hydrogens (tertiary/aromatic N) is 2. The average Bonchev–Trinajstić information content (AvgIpc) is 3.29. The first-order valence-electron chi connectivity index (χ1n) is 10.9. The molecule has 3 aromatic rings. The predicted molar refractivity (Wildman–Crippen MR) is 126 cm³/mol. The fourth-order valence-corrected chi connectivity index (χ4v) is 4.28. The van der Waals surface area contributed by atoms with Gasteiger partial charge in [0.25, 0.3) is 0 Å². The Morgan fingerprint density at radius 1 is 1.26 bits per heavy atom. The number of carbonyl (C=O) groups is 1. The van der Waals surface area contributed by atoms with Crippen molar-refractivity contribution in [2.24, 2.45) is 0 Å². The average molecular weight is 468 g/mol. The lowest BCUT2D eigenvalue weighted by Crippen LogP contribution is -2.45. The molecule has 11 heteroatoms. The number of hydrogen-bond acceptors (Lipinski definition) is 8. The number of carbonyl (C=O) groups excluding carboxylic acids is 1. The summed E-state index contributed by atoms with van der Waals surface area (Å²) in [7, 11) is 1.57.